The highest BCUT2D eigenvalue weighted by molar-refractivity contribution is 9.10. The van der Waals surface area contributed by atoms with Gasteiger partial charge in [0.1, 0.15) is 0 Å². The van der Waals surface area contributed by atoms with E-state index >= 15 is 0 Å². The normalized spacial score (nSPS) is 14.5. The molecule has 1 fully saturated rings. The quantitative estimate of drug-likeness (QED) is 0.817. The van der Waals surface area contributed by atoms with Gasteiger partial charge in [0, 0.05) is 21.8 Å². The van der Waals surface area contributed by atoms with E-state index in [-0.39, 0.29) is 16.8 Å². The fourth-order valence-corrected chi connectivity index (χ4v) is 3.75. The van der Waals surface area contributed by atoms with Gasteiger partial charge in [0.2, 0.25) is 10.0 Å². The van der Waals surface area contributed by atoms with Gasteiger partial charge >= 0.3 is 0 Å². The minimum absolute atomic E-state index is 0.0551. The number of nitrogens with one attached hydrogen (secondary N) is 2. The van der Waals surface area contributed by atoms with Crippen LogP contribution in [0.3, 0.4) is 0 Å². The molecule has 1 amide bonds. The van der Waals surface area contributed by atoms with Gasteiger partial charge in [-0.3, -0.25) is 4.79 Å². The fourth-order valence-electron chi connectivity index (χ4n) is 2.04. The Morgan fingerprint density at radius 2 is 1.78 bits per heavy atom. The molecule has 0 radical (unpaired) electrons. The van der Waals surface area contributed by atoms with Crippen molar-refractivity contribution in [2.75, 3.05) is 5.32 Å². The molecule has 0 saturated heterocycles. The Bertz CT molecular complexity index is 831. The number of carbonyl (C=O) groups excluding carboxylic acids is 1. The molecule has 120 valence electrons. The van der Waals surface area contributed by atoms with Crippen LogP contribution in [0.1, 0.15) is 23.2 Å². The van der Waals surface area contributed by atoms with Crippen LogP contribution in [0.2, 0.25) is 0 Å². The Balaban J connectivity index is 1.72. The Kier molecular flexibility index (Phi) is 4.52. The topological polar surface area (TPSA) is 75.3 Å². The molecule has 0 aliphatic heterocycles. The molecule has 0 atom stereocenters. The molecule has 0 heterocycles. The highest BCUT2D eigenvalue weighted by Crippen LogP contribution is 2.22. The number of rotatable bonds is 5. The lowest BCUT2D eigenvalue weighted by Crippen LogP contribution is -2.25. The molecule has 0 spiro atoms. The molecule has 1 aliphatic carbocycles. The molecule has 2 N–H and O–H groups in total. The summed E-state index contributed by atoms with van der Waals surface area (Å²) in [5.74, 6) is -0.290. The van der Waals surface area contributed by atoms with Gasteiger partial charge in [-0.1, -0.05) is 22.0 Å². The zero-order chi connectivity index (χ0) is 16.4. The maximum atomic E-state index is 12.2. The molecule has 0 unspecified atom stereocenters. The molecular weight excluding hydrogens is 380 g/mol. The van der Waals surface area contributed by atoms with Crippen molar-refractivity contribution in [2.45, 2.75) is 23.8 Å². The molecule has 1 aliphatic rings. The SMILES string of the molecule is O=C(Nc1cccc(Br)c1)c1ccc(S(=O)(=O)NC2CC2)cc1. The van der Waals surface area contributed by atoms with E-state index in [1.807, 2.05) is 12.1 Å². The molecule has 23 heavy (non-hydrogen) atoms. The third kappa shape index (κ3) is 4.19. The van der Waals surface area contributed by atoms with Crippen molar-refractivity contribution in [3.8, 4) is 0 Å². The fraction of sp³-hybridized carbons (Fsp3) is 0.188. The number of anilines is 1. The predicted octanol–water partition coefficient (Wildman–Crippen LogP) is 3.14. The summed E-state index contributed by atoms with van der Waals surface area (Å²) in [5.41, 5.74) is 1.06. The first-order valence-corrected chi connectivity index (χ1v) is 9.41. The summed E-state index contributed by atoms with van der Waals surface area (Å²) in [6.07, 6.45) is 1.76. The van der Waals surface area contributed by atoms with Crippen molar-refractivity contribution in [1.82, 2.24) is 4.72 Å². The summed E-state index contributed by atoms with van der Waals surface area (Å²) in [6.45, 7) is 0. The van der Waals surface area contributed by atoms with Crippen LogP contribution >= 0.6 is 15.9 Å². The molecule has 0 aromatic heterocycles. The lowest BCUT2D eigenvalue weighted by molar-refractivity contribution is 0.102. The number of hydrogen-bond donors (Lipinski definition) is 2. The van der Waals surface area contributed by atoms with Crippen LogP contribution in [0.15, 0.2) is 57.9 Å². The number of sulfonamides is 1. The molecular formula is C16H15BrN2O3S. The predicted molar refractivity (Wildman–Crippen MR) is 91.9 cm³/mol. The zero-order valence-electron chi connectivity index (χ0n) is 12.1. The molecule has 2 aromatic carbocycles. The first kappa shape index (κ1) is 16.2. The van der Waals surface area contributed by atoms with E-state index < -0.39 is 10.0 Å². The molecule has 0 bridgehead atoms. The van der Waals surface area contributed by atoms with Crippen molar-refractivity contribution in [3.05, 3.63) is 58.6 Å². The van der Waals surface area contributed by atoms with Crippen LogP contribution in [0.25, 0.3) is 0 Å². The third-order valence-corrected chi connectivity index (χ3v) is 5.44. The molecule has 5 nitrogen and oxygen atoms in total. The largest absolute Gasteiger partial charge is 0.322 e. The summed E-state index contributed by atoms with van der Waals surface area (Å²) < 4.78 is 27.6. The van der Waals surface area contributed by atoms with Gasteiger partial charge in [0.25, 0.3) is 5.91 Å². The van der Waals surface area contributed by atoms with E-state index in [2.05, 4.69) is 26.0 Å². The number of halogens is 1. The van der Waals surface area contributed by atoms with Gasteiger partial charge in [-0.25, -0.2) is 13.1 Å². The smallest absolute Gasteiger partial charge is 0.255 e. The maximum absolute atomic E-state index is 12.2. The molecule has 7 heteroatoms. The summed E-state index contributed by atoms with van der Waals surface area (Å²) in [5, 5.41) is 2.77. The van der Waals surface area contributed by atoms with Gasteiger partial charge < -0.3 is 5.32 Å². The first-order chi connectivity index (χ1) is 10.9. The Morgan fingerprint density at radius 3 is 2.39 bits per heavy atom. The standard InChI is InChI=1S/C16H15BrN2O3S/c17-12-2-1-3-14(10-12)18-16(20)11-4-8-15(9-5-11)23(21,22)19-13-6-7-13/h1-5,8-10,13,19H,6-7H2,(H,18,20). The number of carbonyl (C=O) groups is 1. The van der Waals surface area contributed by atoms with Gasteiger partial charge in [-0.05, 0) is 55.3 Å². The lowest BCUT2D eigenvalue weighted by atomic mass is 10.2. The zero-order valence-corrected chi connectivity index (χ0v) is 14.5. The van der Waals surface area contributed by atoms with E-state index in [0.29, 0.717) is 11.3 Å². The Morgan fingerprint density at radius 1 is 1.09 bits per heavy atom. The van der Waals surface area contributed by atoms with Crippen LogP contribution in [-0.2, 0) is 10.0 Å². The second-order valence-corrected chi connectivity index (χ2v) is 8.01. The first-order valence-electron chi connectivity index (χ1n) is 7.13. The summed E-state index contributed by atoms with van der Waals surface area (Å²) in [4.78, 5) is 12.4. The average molecular weight is 395 g/mol. The van der Waals surface area contributed by atoms with Crippen LogP contribution < -0.4 is 10.0 Å². The van der Waals surface area contributed by atoms with Crippen LogP contribution in [0.5, 0.6) is 0 Å². The van der Waals surface area contributed by atoms with Gasteiger partial charge in [-0.2, -0.15) is 0 Å². The van der Waals surface area contributed by atoms with Crippen LogP contribution in [0, 0.1) is 0 Å². The second-order valence-electron chi connectivity index (χ2n) is 5.38. The highest BCUT2D eigenvalue weighted by atomic mass is 79.9. The van der Waals surface area contributed by atoms with Gasteiger partial charge in [0.15, 0.2) is 0 Å². The lowest BCUT2D eigenvalue weighted by Gasteiger charge is -2.08. The van der Waals surface area contributed by atoms with E-state index in [4.69, 9.17) is 0 Å². The minimum atomic E-state index is -3.49. The highest BCUT2D eigenvalue weighted by Gasteiger charge is 2.27. The van der Waals surface area contributed by atoms with Gasteiger partial charge in [0.05, 0.1) is 4.90 Å². The number of amides is 1. The van der Waals surface area contributed by atoms with Crippen molar-refractivity contribution in [2.24, 2.45) is 0 Å². The summed E-state index contributed by atoms with van der Waals surface area (Å²) >= 11 is 3.34. The Hall–Kier alpha value is -1.70. The van der Waals surface area contributed by atoms with Crippen molar-refractivity contribution in [3.63, 3.8) is 0 Å². The Labute approximate surface area is 143 Å². The molecule has 2 aromatic rings. The van der Waals surface area contributed by atoms with Crippen LogP contribution in [-0.4, -0.2) is 20.4 Å². The van der Waals surface area contributed by atoms with Gasteiger partial charge in [-0.15, -0.1) is 0 Å². The van der Waals surface area contributed by atoms with Crippen molar-refractivity contribution >= 4 is 37.5 Å². The number of benzene rings is 2. The van der Waals surface area contributed by atoms with E-state index in [9.17, 15) is 13.2 Å². The minimum Gasteiger partial charge on any atom is -0.322 e. The number of hydrogen-bond acceptors (Lipinski definition) is 3. The van der Waals surface area contributed by atoms with E-state index in [0.717, 1.165) is 17.3 Å². The van der Waals surface area contributed by atoms with E-state index in [1.54, 1.807) is 12.1 Å². The molecule has 3 rings (SSSR count). The maximum Gasteiger partial charge on any atom is 0.255 e. The van der Waals surface area contributed by atoms with E-state index in [1.165, 1.54) is 24.3 Å². The average Bonchev–Trinajstić information content (AvgIpc) is 3.30. The van der Waals surface area contributed by atoms with Crippen molar-refractivity contribution < 1.29 is 13.2 Å². The second kappa shape index (κ2) is 6.43. The molecule has 1 saturated carbocycles. The third-order valence-electron chi connectivity index (χ3n) is 3.41. The van der Waals surface area contributed by atoms with Crippen LogP contribution in [0.4, 0.5) is 5.69 Å². The monoisotopic (exact) mass is 394 g/mol. The summed E-state index contributed by atoms with van der Waals surface area (Å²) in [6, 6.07) is 13.2. The van der Waals surface area contributed by atoms with Crippen molar-refractivity contribution in [1.29, 1.82) is 0 Å². The summed E-state index contributed by atoms with van der Waals surface area (Å²) in [7, 11) is -3.49.